The van der Waals surface area contributed by atoms with Gasteiger partial charge in [-0.1, -0.05) is 17.7 Å². The smallest absolute Gasteiger partial charge is 0.351 e. The molecule has 1 aliphatic heterocycles. The number of nitrogens with one attached hydrogen (secondary N) is 1. The van der Waals surface area contributed by atoms with Crippen molar-refractivity contribution in [2.45, 2.75) is 31.6 Å². The minimum atomic E-state index is -4.71. The number of aromatic nitrogens is 7. The molecule has 5 rings (SSSR count). The number of imidazole rings is 1. The molecule has 206 valence electrons. The SMILES string of the molecule is CS(=O)(=O)N1CCC(Nc2ncc(C(F)(F)F)c(-c3cn(-c4ccc(Cn5nccn5)cc4Cl)cn3)n2)CC1. The maximum atomic E-state index is 13.8. The Labute approximate surface area is 226 Å². The fraction of sp³-hybridized carbons (Fsp3) is 0.348. The van der Waals surface area contributed by atoms with Crippen molar-refractivity contribution in [1.29, 1.82) is 0 Å². The van der Waals surface area contributed by atoms with E-state index >= 15 is 0 Å². The Hall–Kier alpha value is -3.56. The van der Waals surface area contributed by atoms with Gasteiger partial charge in [-0.2, -0.15) is 28.2 Å². The first-order valence-electron chi connectivity index (χ1n) is 11.8. The lowest BCUT2D eigenvalue weighted by atomic mass is 10.1. The topological polar surface area (TPSA) is 124 Å². The first kappa shape index (κ1) is 27.0. The molecule has 1 N–H and O–H groups in total. The molecule has 1 aliphatic rings. The highest BCUT2D eigenvalue weighted by molar-refractivity contribution is 7.88. The minimum Gasteiger partial charge on any atom is -0.351 e. The zero-order valence-electron chi connectivity index (χ0n) is 20.5. The fourth-order valence-corrected chi connectivity index (χ4v) is 5.47. The van der Waals surface area contributed by atoms with E-state index in [0.29, 0.717) is 43.2 Å². The number of rotatable bonds is 7. The molecule has 16 heteroatoms. The largest absolute Gasteiger partial charge is 0.420 e. The van der Waals surface area contributed by atoms with Gasteiger partial charge in [0.25, 0.3) is 0 Å². The van der Waals surface area contributed by atoms with Crippen molar-refractivity contribution in [3.63, 3.8) is 0 Å². The average Bonchev–Trinajstić information content (AvgIpc) is 3.56. The summed E-state index contributed by atoms with van der Waals surface area (Å²) in [5, 5.41) is 11.5. The van der Waals surface area contributed by atoms with Crippen molar-refractivity contribution >= 4 is 27.6 Å². The van der Waals surface area contributed by atoms with E-state index in [1.807, 2.05) is 6.07 Å². The highest BCUT2D eigenvalue weighted by atomic mass is 35.5. The second-order valence-corrected chi connectivity index (χ2v) is 11.4. The zero-order chi connectivity index (χ0) is 27.8. The third kappa shape index (κ3) is 6.20. The van der Waals surface area contributed by atoms with Gasteiger partial charge in [0.1, 0.15) is 23.3 Å². The van der Waals surface area contributed by atoms with Crippen molar-refractivity contribution in [1.82, 2.24) is 38.8 Å². The summed E-state index contributed by atoms with van der Waals surface area (Å²) < 4.78 is 67.9. The summed E-state index contributed by atoms with van der Waals surface area (Å²) >= 11 is 6.48. The first-order valence-corrected chi connectivity index (χ1v) is 14.0. The lowest BCUT2D eigenvalue weighted by Crippen LogP contribution is -2.42. The van der Waals surface area contributed by atoms with Gasteiger partial charge in [0.15, 0.2) is 0 Å². The minimum absolute atomic E-state index is 0.0000261. The van der Waals surface area contributed by atoms with Gasteiger partial charge in [0.05, 0.1) is 35.9 Å². The van der Waals surface area contributed by atoms with E-state index in [4.69, 9.17) is 11.6 Å². The Kier molecular flexibility index (Phi) is 7.31. The number of halogens is 4. The van der Waals surface area contributed by atoms with Crippen molar-refractivity contribution in [3.8, 4) is 17.1 Å². The van der Waals surface area contributed by atoms with E-state index in [9.17, 15) is 21.6 Å². The standard InChI is InChI=1S/C23H23ClF3N9O2S/c1-39(37,38)35-8-4-16(5-9-35)32-22-28-11-17(23(25,26)27)21(33-22)19-13-34(14-29-19)20-3-2-15(10-18(20)24)12-36-30-6-7-31-36/h2-3,6-7,10-11,13-14,16H,4-5,8-9,12H2,1H3,(H,28,32,33). The van der Waals surface area contributed by atoms with E-state index < -0.39 is 21.8 Å². The summed E-state index contributed by atoms with van der Waals surface area (Å²) in [5.41, 5.74) is -0.0662. The molecule has 0 saturated carbocycles. The molecule has 1 aromatic carbocycles. The van der Waals surface area contributed by atoms with E-state index in [1.165, 1.54) is 26.2 Å². The molecule has 11 nitrogen and oxygen atoms in total. The van der Waals surface area contributed by atoms with Crippen LogP contribution in [0.25, 0.3) is 17.1 Å². The Morgan fingerprint density at radius 3 is 2.49 bits per heavy atom. The lowest BCUT2D eigenvalue weighted by Gasteiger charge is -2.30. The molecule has 0 aliphatic carbocycles. The lowest BCUT2D eigenvalue weighted by molar-refractivity contribution is -0.137. The summed E-state index contributed by atoms with van der Waals surface area (Å²) in [4.78, 5) is 13.7. The van der Waals surface area contributed by atoms with Gasteiger partial charge < -0.3 is 9.88 Å². The van der Waals surface area contributed by atoms with Crippen molar-refractivity contribution in [2.24, 2.45) is 0 Å². The van der Waals surface area contributed by atoms with E-state index in [-0.39, 0.29) is 23.4 Å². The molecule has 0 amide bonds. The molecule has 0 unspecified atom stereocenters. The number of benzene rings is 1. The predicted molar refractivity (Wildman–Crippen MR) is 137 cm³/mol. The van der Waals surface area contributed by atoms with Crippen LogP contribution in [-0.4, -0.2) is 72.6 Å². The summed E-state index contributed by atoms with van der Waals surface area (Å²) in [6, 6.07) is 5.07. The molecule has 4 aromatic rings. The van der Waals surface area contributed by atoms with Gasteiger partial charge in [-0.3, -0.25) is 0 Å². The number of nitrogens with zero attached hydrogens (tertiary/aromatic N) is 8. The second-order valence-electron chi connectivity index (χ2n) is 9.05. The first-order chi connectivity index (χ1) is 18.5. The van der Waals surface area contributed by atoms with Crippen LogP contribution in [0.4, 0.5) is 19.1 Å². The number of sulfonamides is 1. The van der Waals surface area contributed by atoms with Gasteiger partial charge in [0, 0.05) is 31.5 Å². The Bertz CT molecular complexity index is 1570. The van der Waals surface area contributed by atoms with Crippen LogP contribution < -0.4 is 5.32 Å². The third-order valence-electron chi connectivity index (χ3n) is 6.26. The molecule has 0 radical (unpaired) electrons. The van der Waals surface area contributed by atoms with Crippen LogP contribution in [-0.2, 0) is 22.7 Å². The molecular formula is C23H23ClF3N9O2S. The fourth-order valence-electron chi connectivity index (χ4n) is 4.29. The van der Waals surface area contributed by atoms with Gasteiger partial charge >= 0.3 is 6.18 Å². The van der Waals surface area contributed by atoms with E-state index in [2.05, 4.69) is 30.5 Å². The molecule has 0 atom stereocenters. The molecule has 0 bridgehead atoms. The zero-order valence-corrected chi connectivity index (χ0v) is 22.1. The number of alkyl halides is 3. The Morgan fingerprint density at radius 1 is 1.13 bits per heavy atom. The monoisotopic (exact) mass is 581 g/mol. The highest BCUT2D eigenvalue weighted by Gasteiger charge is 2.36. The molecule has 1 fully saturated rings. The number of hydrogen-bond donors (Lipinski definition) is 1. The normalized spacial score (nSPS) is 15.5. The number of piperidine rings is 1. The van der Waals surface area contributed by atoms with Crippen molar-refractivity contribution in [3.05, 3.63) is 65.5 Å². The Morgan fingerprint density at radius 2 is 1.85 bits per heavy atom. The van der Waals surface area contributed by atoms with Crippen LogP contribution in [0.5, 0.6) is 0 Å². The quantitative estimate of drug-likeness (QED) is 0.352. The number of hydrogen-bond acceptors (Lipinski definition) is 8. The molecule has 1 saturated heterocycles. The second kappa shape index (κ2) is 10.5. The van der Waals surface area contributed by atoms with Crippen LogP contribution in [0, 0.1) is 0 Å². The van der Waals surface area contributed by atoms with Crippen LogP contribution in [0.15, 0.2) is 49.3 Å². The van der Waals surface area contributed by atoms with E-state index in [0.717, 1.165) is 18.0 Å². The molecule has 3 aromatic heterocycles. The Balaban J connectivity index is 1.39. The van der Waals surface area contributed by atoms with Crippen LogP contribution in [0.1, 0.15) is 24.0 Å². The van der Waals surface area contributed by atoms with Crippen LogP contribution >= 0.6 is 11.6 Å². The molecular weight excluding hydrogens is 559 g/mol. The van der Waals surface area contributed by atoms with Gasteiger partial charge in [-0.15, -0.1) is 0 Å². The summed E-state index contributed by atoms with van der Waals surface area (Å²) in [6.07, 6.45) is 3.99. The van der Waals surface area contributed by atoms with Crippen molar-refractivity contribution < 1.29 is 21.6 Å². The molecule has 39 heavy (non-hydrogen) atoms. The number of anilines is 1. The summed E-state index contributed by atoms with van der Waals surface area (Å²) in [6.45, 7) is 1.000. The van der Waals surface area contributed by atoms with E-state index in [1.54, 1.807) is 24.5 Å². The van der Waals surface area contributed by atoms with Crippen molar-refractivity contribution in [2.75, 3.05) is 24.7 Å². The van der Waals surface area contributed by atoms with Crippen LogP contribution in [0.3, 0.4) is 0 Å². The summed E-state index contributed by atoms with van der Waals surface area (Å²) in [5.74, 6) is -0.0000261. The summed E-state index contributed by atoms with van der Waals surface area (Å²) in [7, 11) is -3.30. The van der Waals surface area contributed by atoms with Gasteiger partial charge in [0.2, 0.25) is 16.0 Å². The maximum absolute atomic E-state index is 13.8. The average molecular weight is 582 g/mol. The van der Waals surface area contributed by atoms with Gasteiger partial charge in [-0.05, 0) is 30.5 Å². The predicted octanol–water partition coefficient (Wildman–Crippen LogP) is 3.48. The van der Waals surface area contributed by atoms with Crippen LogP contribution in [0.2, 0.25) is 5.02 Å². The van der Waals surface area contributed by atoms with Gasteiger partial charge in [-0.25, -0.2) is 27.7 Å². The molecule has 4 heterocycles. The molecule has 0 spiro atoms. The maximum Gasteiger partial charge on any atom is 0.420 e. The third-order valence-corrected chi connectivity index (χ3v) is 7.86. The highest BCUT2D eigenvalue weighted by Crippen LogP contribution is 2.36.